The number of ketones is 1. The van der Waals surface area contributed by atoms with Crippen LogP contribution in [0.1, 0.15) is 69.2 Å². The molecule has 0 saturated carbocycles. The number of aliphatic hydroxyl groups is 1. The van der Waals surface area contributed by atoms with Crippen LogP contribution < -0.4 is 5.32 Å². The number of hydrogen-bond donors (Lipinski definition) is 2. The van der Waals surface area contributed by atoms with E-state index >= 15 is 0 Å². The standard InChI is InChI=1S/C27H53NO6Si2.3CO.Fe/c1-15-16-17-18-20(29)22(28-24(31)33-25(2,3)4)23(30)21(34-36(13,14)27(8,9)10)19-32-35(11,12)26(5,6)7;3*1-2;/h15-18,21-23,30H,19H2,1-14H3,(H,28,31);;;;/t21-,22?,23?;;;;/m1..../s1. The molecular formula is C30H53FeNO9Si2. The maximum atomic E-state index is 13.2. The van der Waals surface area contributed by atoms with Crippen LogP contribution in [-0.2, 0) is 49.4 Å². The predicted octanol–water partition coefficient (Wildman–Crippen LogP) is 5.94. The molecule has 0 aromatic rings. The third-order valence-corrected chi connectivity index (χ3v) is 15.9. The second-order valence-corrected chi connectivity index (χ2v) is 23.0. The molecule has 4 radical (unpaired) electrons. The molecule has 0 bridgehead atoms. The van der Waals surface area contributed by atoms with Crippen LogP contribution in [-0.4, -0.2) is 64.1 Å². The van der Waals surface area contributed by atoms with Crippen molar-refractivity contribution in [2.45, 2.75) is 129 Å². The molecular weight excluding hydrogens is 630 g/mol. The van der Waals surface area contributed by atoms with Crippen LogP contribution in [0.25, 0.3) is 0 Å². The van der Waals surface area contributed by atoms with Crippen LogP contribution in [0.2, 0.25) is 36.3 Å². The van der Waals surface area contributed by atoms with E-state index < -0.39 is 52.4 Å². The second-order valence-electron chi connectivity index (χ2n) is 13.4. The number of amides is 1. The fourth-order valence-corrected chi connectivity index (χ4v) is 4.94. The van der Waals surface area contributed by atoms with E-state index in [1.54, 1.807) is 40.0 Å². The fraction of sp³-hybridized carbons (Fsp3) is 0.700. The molecule has 10 nitrogen and oxygen atoms in total. The van der Waals surface area contributed by atoms with Gasteiger partial charge in [-0.2, -0.15) is 0 Å². The Morgan fingerprint density at radius 3 is 1.60 bits per heavy atom. The van der Waals surface area contributed by atoms with Gasteiger partial charge in [0, 0.05) is 23.5 Å². The first-order valence-electron chi connectivity index (χ1n) is 13.4. The van der Waals surface area contributed by atoms with Crippen LogP contribution >= 0.6 is 0 Å². The van der Waals surface area contributed by atoms with E-state index in [0.717, 1.165) is 0 Å². The molecule has 0 saturated heterocycles. The number of rotatable bonds is 13. The maximum absolute atomic E-state index is 13.2. The Morgan fingerprint density at radius 2 is 1.26 bits per heavy atom. The van der Waals surface area contributed by atoms with Gasteiger partial charge in [0.1, 0.15) is 17.7 Å². The molecule has 0 aromatic carbocycles. The smallest absolute Gasteiger partial charge is 0 e. The zero-order chi connectivity index (χ0) is 34.8. The number of nitrogens with one attached hydrogen (secondary N) is 1. The first-order valence-corrected chi connectivity index (χ1v) is 19.2. The molecule has 0 aromatic heterocycles. The van der Waals surface area contributed by atoms with Gasteiger partial charge in [0.15, 0.2) is 22.4 Å². The number of hydrogen-bond acceptors (Lipinski definition) is 6. The summed E-state index contributed by atoms with van der Waals surface area (Å²) in [6.45, 7) is 41.8. The molecule has 0 spiro atoms. The van der Waals surface area contributed by atoms with Gasteiger partial charge >= 0.3 is 40.0 Å². The topological polar surface area (TPSA) is 154 Å². The van der Waals surface area contributed by atoms with Gasteiger partial charge in [-0.15, -0.1) is 0 Å². The first kappa shape index (κ1) is 51.6. The van der Waals surface area contributed by atoms with Crippen LogP contribution in [0.5, 0.6) is 0 Å². The molecule has 248 valence electrons. The van der Waals surface area contributed by atoms with Crippen molar-refractivity contribution in [2.75, 3.05) is 6.61 Å². The molecule has 13 heteroatoms. The number of unbranched alkanes of at least 4 members (excludes halogenated alkanes) is 2. The molecule has 0 rings (SSSR count). The maximum Gasteiger partial charge on any atom is 0 e. The second kappa shape index (κ2) is 23.3. The molecule has 1 amide bonds. The Hall–Kier alpha value is -1.01. The normalized spacial score (nSPS) is 13.8. The summed E-state index contributed by atoms with van der Waals surface area (Å²) < 4.78 is 40.9. The summed E-state index contributed by atoms with van der Waals surface area (Å²) >= 11 is 0. The Morgan fingerprint density at radius 1 is 0.837 bits per heavy atom. The number of carbonyl (C=O) groups excluding carboxylic acids is 2. The minimum Gasteiger partial charge on any atom is 0 e. The quantitative estimate of drug-likeness (QED) is 0.106. The number of aliphatic hydroxyl groups excluding tert-OH is 1. The SMILES string of the molecule is C[CH][CH][CH][CH]C(=O)C(NC(=O)OC(C)(C)C)C(O)[C@@H](CO[Si](C)(C)C(C)(C)C)O[Si](C)(C)C(C)(C)C.[C-]#[O+].[C-]#[O+].[C-]#[O+].[Fe]. The molecule has 0 aliphatic heterocycles. The Labute approximate surface area is 274 Å². The summed E-state index contributed by atoms with van der Waals surface area (Å²) in [5.41, 5.74) is -0.758. The minimum atomic E-state index is -2.37. The molecule has 43 heavy (non-hydrogen) atoms. The number of Topliss-reactive ketones (excluding diaryl/α,β-unsaturated/α-hetero) is 1. The third kappa shape index (κ3) is 21.4. The molecule has 0 aliphatic carbocycles. The van der Waals surface area contributed by atoms with Gasteiger partial charge in [-0.3, -0.25) is 4.79 Å². The van der Waals surface area contributed by atoms with Crippen LogP contribution in [0.15, 0.2) is 0 Å². The van der Waals surface area contributed by atoms with Gasteiger partial charge in [-0.1, -0.05) is 48.5 Å². The Bertz CT molecular complexity index is 826. The average Bonchev–Trinajstić information content (AvgIpc) is 2.86. The largest absolute Gasteiger partial charge is 0 e. The van der Waals surface area contributed by atoms with E-state index in [2.05, 4.69) is 93.0 Å². The number of carbonyl (C=O) groups is 2. The van der Waals surface area contributed by atoms with Gasteiger partial charge in [-0.05, 0) is 76.3 Å². The molecule has 2 N–H and O–H groups in total. The predicted molar refractivity (Wildman–Crippen MR) is 164 cm³/mol. The number of ether oxygens (including phenoxy) is 1. The fourth-order valence-electron chi connectivity index (χ4n) is 2.60. The van der Waals surface area contributed by atoms with Crippen molar-refractivity contribution in [1.29, 1.82) is 0 Å². The van der Waals surface area contributed by atoms with E-state index in [0.29, 0.717) is 0 Å². The van der Waals surface area contributed by atoms with Crippen molar-refractivity contribution in [2.24, 2.45) is 0 Å². The van der Waals surface area contributed by atoms with Gasteiger partial charge in [0.05, 0.1) is 12.7 Å². The van der Waals surface area contributed by atoms with E-state index in [1.807, 2.05) is 6.92 Å². The summed E-state index contributed by atoms with van der Waals surface area (Å²) in [5.74, 6) is -0.456. The van der Waals surface area contributed by atoms with Crippen LogP contribution in [0, 0.1) is 45.6 Å². The van der Waals surface area contributed by atoms with E-state index in [-0.39, 0.29) is 33.8 Å². The molecule has 3 atom stereocenters. The van der Waals surface area contributed by atoms with Gasteiger partial charge in [0.2, 0.25) is 0 Å². The number of alkyl carbamates (subject to hydrolysis) is 1. The third-order valence-electron chi connectivity index (χ3n) is 6.93. The van der Waals surface area contributed by atoms with Crippen molar-refractivity contribution >= 4 is 28.5 Å². The van der Waals surface area contributed by atoms with Gasteiger partial charge in [-0.25, -0.2) is 4.79 Å². The zero-order valence-corrected chi connectivity index (χ0v) is 31.4. The van der Waals surface area contributed by atoms with E-state index in [4.69, 9.17) is 27.5 Å². The van der Waals surface area contributed by atoms with Crippen LogP contribution in [0.4, 0.5) is 4.79 Å². The van der Waals surface area contributed by atoms with Crippen molar-refractivity contribution in [3.63, 3.8) is 0 Å². The minimum absolute atomic E-state index is 0. The van der Waals surface area contributed by atoms with E-state index in [9.17, 15) is 14.7 Å². The van der Waals surface area contributed by atoms with Crippen molar-refractivity contribution in [3.8, 4) is 0 Å². The van der Waals surface area contributed by atoms with Crippen molar-refractivity contribution < 1.29 is 59.3 Å². The molecule has 0 heterocycles. The average molecular weight is 684 g/mol. The summed E-state index contributed by atoms with van der Waals surface area (Å²) in [4.78, 5) is 25.8. The van der Waals surface area contributed by atoms with Gasteiger partial charge < -0.3 is 24.0 Å². The summed E-state index contributed by atoms with van der Waals surface area (Å²) in [6, 6.07) is -1.26. The Balaban J connectivity index is -0.000000643. The summed E-state index contributed by atoms with van der Waals surface area (Å²) in [7, 11) is -4.55. The summed E-state index contributed by atoms with van der Waals surface area (Å²) in [6.07, 6.45) is 3.46. The molecule has 0 aliphatic rings. The molecule has 2 unspecified atom stereocenters. The van der Waals surface area contributed by atoms with E-state index in [1.165, 1.54) is 6.42 Å². The van der Waals surface area contributed by atoms with Crippen molar-refractivity contribution in [1.82, 2.24) is 5.32 Å². The van der Waals surface area contributed by atoms with Crippen molar-refractivity contribution in [3.05, 3.63) is 45.6 Å². The summed E-state index contributed by atoms with van der Waals surface area (Å²) in [5, 5.41) is 14.0. The molecule has 0 fully saturated rings. The first-order chi connectivity index (χ1) is 18.9. The van der Waals surface area contributed by atoms with Gasteiger partial charge in [0.25, 0.3) is 0 Å². The Kier molecular flexibility index (Phi) is 28.0. The zero-order valence-electron chi connectivity index (χ0n) is 28.3. The van der Waals surface area contributed by atoms with Crippen LogP contribution in [0.3, 0.4) is 0 Å². The monoisotopic (exact) mass is 683 g/mol.